The first-order chi connectivity index (χ1) is 14.0. The van der Waals surface area contributed by atoms with Gasteiger partial charge in [0.1, 0.15) is 12.4 Å². The van der Waals surface area contributed by atoms with Crippen LogP contribution >= 0.6 is 11.6 Å². The smallest absolute Gasteiger partial charge is 0.411 e. The number of aromatic carboxylic acids is 1. The maximum absolute atomic E-state index is 13.4. The summed E-state index contributed by atoms with van der Waals surface area (Å²) in [6, 6.07) is 17.5. The van der Waals surface area contributed by atoms with Gasteiger partial charge in [-0.15, -0.1) is 0 Å². The van der Waals surface area contributed by atoms with Gasteiger partial charge in [-0.3, -0.25) is 5.32 Å². The molecule has 1 aliphatic rings. The van der Waals surface area contributed by atoms with Gasteiger partial charge in [0.25, 0.3) is 0 Å². The molecule has 0 unspecified atom stereocenters. The topological polar surface area (TPSA) is 75.6 Å². The lowest BCUT2D eigenvalue weighted by molar-refractivity contribution is 0.0697. The zero-order valence-corrected chi connectivity index (χ0v) is 15.7. The number of ether oxygens (including phenoxy) is 1. The van der Waals surface area contributed by atoms with E-state index in [1.165, 1.54) is 0 Å². The Kier molecular flexibility index (Phi) is 4.94. The number of carbonyl (C=O) groups excluding carboxylic acids is 1. The zero-order valence-electron chi connectivity index (χ0n) is 15.0. The number of amides is 1. The first-order valence-electron chi connectivity index (χ1n) is 8.80. The van der Waals surface area contributed by atoms with Crippen LogP contribution in [0.3, 0.4) is 0 Å². The number of hydrogen-bond donors (Lipinski definition) is 2. The third kappa shape index (κ3) is 3.54. The normalized spacial score (nSPS) is 12.2. The summed E-state index contributed by atoms with van der Waals surface area (Å²) in [5, 5.41) is 11.3. The second-order valence-corrected chi connectivity index (χ2v) is 6.97. The van der Waals surface area contributed by atoms with Crippen LogP contribution in [0.4, 0.5) is 14.9 Å². The van der Waals surface area contributed by atoms with Gasteiger partial charge in [0.05, 0.1) is 16.3 Å². The second kappa shape index (κ2) is 7.56. The van der Waals surface area contributed by atoms with E-state index in [4.69, 9.17) is 16.3 Å². The molecule has 0 aromatic heterocycles. The number of halogens is 2. The lowest BCUT2D eigenvalue weighted by atomic mass is 9.98. The molecule has 3 aromatic rings. The number of nitrogens with one attached hydrogen (secondary N) is 1. The van der Waals surface area contributed by atoms with Crippen LogP contribution in [0.5, 0.6) is 0 Å². The van der Waals surface area contributed by atoms with Crippen LogP contribution < -0.4 is 5.32 Å². The van der Waals surface area contributed by atoms with Crippen molar-refractivity contribution in [3.63, 3.8) is 0 Å². The number of rotatable bonds is 4. The highest BCUT2D eigenvalue weighted by Gasteiger charge is 2.29. The third-order valence-electron chi connectivity index (χ3n) is 4.86. The van der Waals surface area contributed by atoms with Crippen molar-refractivity contribution in [2.75, 3.05) is 11.9 Å². The van der Waals surface area contributed by atoms with E-state index >= 15 is 0 Å². The van der Waals surface area contributed by atoms with Crippen molar-refractivity contribution < 1.29 is 23.8 Å². The lowest BCUT2D eigenvalue weighted by Crippen LogP contribution is -2.19. The van der Waals surface area contributed by atoms with Crippen LogP contribution in [0.15, 0.2) is 60.7 Å². The molecule has 3 aromatic carbocycles. The molecule has 0 radical (unpaired) electrons. The molecule has 0 spiro atoms. The predicted octanol–water partition coefficient (Wildman–Crippen LogP) is 5.54. The number of hydrogen-bond acceptors (Lipinski definition) is 3. The molecule has 29 heavy (non-hydrogen) atoms. The fourth-order valence-corrected chi connectivity index (χ4v) is 3.86. The van der Waals surface area contributed by atoms with E-state index in [0.29, 0.717) is 0 Å². The van der Waals surface area contributed by atoms with Gasteiger partial charge in [-0.1, -0.05) is 60.1 Å². The van der Waals surface area contributed by atoms with E-state index < -0.39 is 23.4 Å². The summed E-state index contributed by atoms with van der Waals surface area (Å²) in [5.74, 6) is -2.37. The van der Waals surface area contributed by atoms with E-state index in [9.17, 15) is 19.1 Å². The molecular formula is C22H15ClFNO4. The molecule has 7 heteroatoms. The summed E-state index contributed by atoms with van der Waals surface area (Å²) < 4.78 is 18.8. The molecule has 2 N–H and O–H groups in total. The molecular weight excluding hydrogens is 397 g/mol. The summed E-state index contributed by atoms with van der Waals surface area (Å²) in [6.07, 6.45) is -0.872. The Labute approximate surface area is 170 Å². The van der Waals surface area contributed by atoms with Gasteiger partial charge in [0.15, 0.2) is 0 Å². The number of benzene rings is 3. The highest BCUT2D eigenvalue weighted by molar-refractivity contribution is 6.34. The molecule has 1 amide bonds. The van der Waals surface area contributed by atoms with Gasteiger partial charge < -0.3 is 9.84 Å². The quantitative estimate of drug-likeness (QED) is 0.591. The van der Waals surface area contributed by atoms with Gasteiger partial charge in [0.2, 0.25) is 0 Å². The summed E-state index contributed by atoms with van der Waals surface area (Å²) in [5.41, 5.74) is 3.61. The van der Waals surface area contributed by atoms with Gasteiger partial charge >= 0.3 is 12.1 Å². The van der Waals surface area contributed by atoms with E-state index in [1.54, 1.807) is 0 Å². The van der Waals surface area contributed by atoms with E-state index in [1.807, 2.05) is 48.5 Å². The predicted molar refractivity (Wildman–Crippen MR) is 107 cm³/mol. The van der Waals surface area contributed by atoms with E-state index in [-0.39, 0.29) is 23.2 Å². The molecule has 146 valence electrons. The van der Waals surface area contributed by atoms with Crippen LogP contribution in [0.1, 0.15) is 27.4 Å². The fraction of sp³-hybridized carbons (Fsp3) is 0.0909. The van der Waals surface area contributed by atoms with Gasteiger partial charge in [-0.05, 0) is 34.4 Å². The van der Waals surface area contributed by atoms with Crippen molar-refractivity contribution in [1.29, 1.82) is 0 Å². The third-order valence-corrected chi connectivity index (χ3v) is 5.15. The minimum absolute atomic E-state index is 0.0566. The zero-order chi connectivity index (χ0) is 20.5. The molecule has 0 heterocycles. The highest BCUT2D eigenvalue weighted by Crippen LogP contribution is 2.44. The van der Waals surface area contributed by atoms with Crippen molar-refractivity contribution in [2.45, 2.75) is 5.92 Å². The average molecular weight is 412 g/mol. The van der Waals surface area contributed by atoms with Gasteiger partial charge in [-0.2, -0.15) is 0 Å². The number of anilines is 1. The second-order valence-electron chi connectivity index (χ2n) is 6.57. The molecule has 0 atom stereocenters. The van der Waals surface area contributed by atoms with E-state index in [2.05, 4.69) is 5.32 Å². The Balaban J connectivity index is 1.54. The minimum Gasteiger partial charge on any atom is -0.478 e. The van der Waals surface area contributed by atoms with Crippen LogP contribution in [0.2, 0.25) is 5.02 Å². The van der Waals surface area contributed by atoms with Crippen LogP contribution in [-0.4, -0.2) is 23.8 Å². The van der Waals surface area contributed by atoms with Crippen molar-refractivity contribution in [2.24, 2.45) is 0 Å². The summed E-state index contributed by atoms with van der Waals surface area (Å²) in [4.78, 5) is 23.7. The maximum Gasteiger partial charge on any atom is 0.411 e. The molecule has 0 saturated heterocycles. The summed E-state index contributed by atoms with van der Waals surface area (Å²) in [6.45, 7) is 0.0566. The SMILES string of the molecule is O=C(Nc1c(Cl)cc(F)cc1C(=O)O)OCC1c2ccccc2-c2ccccc21. The minimum atomic E-state index is -1.42. The van der Waals surface area contributed by atoms with Gasteiger partial charge in [0, 0.05) is 5.92 Å². The largest absolute Gasteiger partial charge is 0.478 e. The molecule has 4 rings (SSSR count). The first-order valence-corrected chi connectivity index (χ1v) is 9.18. The van der Waals surface area contributed by atoms with Crippen molar-refractivity contribution in [1.82, 2.24) is 0 Å². The fourth-order valence-electron chi connectivity index (χ4n) is 3.61. The standard InChI is InChI=1S/C22H15ClFNO4/c23-19-10-12(24)9-17(21(26)27)20(19)25-22(28)29-11-18-15-7-3-1-5-13(15)14-6-2-4-8-16(14)18/h1-10,18H,11H2,(H,25,28)(H,26,27). The number of carboxylic acid groups (broad SMARTS) is 1. The van der Waals surface area contributed by atoms with Gasteiger partial charge in [-0.25, -0.2) is 14.0 Å². The Morgan fingerprint density at radius 2 is 1.62 bits per heavy atom. The molecule has 0 saturated carbocycles. The van der Waals surface area contributed by atoms with E-state index in [0.717, 1.165) is 34.4 Å². The van der Waals surface area contributed by atoms with Crippen LogP contribution in [0.25, 0.3) is 11.1 Å². The van der Waals surface area contributed by atoms with Crippen LogP contribution in [-0.2, 0) is 4.74 Å². The number of carboxylic acids is 1. The Morgan fingerprint density at radius 1 is 1.03 bits per heavy atom. The molecule has 0 aliphatic heterocycles. The first kappa shape index (κ1) is 19.0. The van der Waals surface area contributed by atoms with Crippen LogP contribution in [0, 0.1) is 5.82 Å². The molecule has 0 bridgehead atoms. The van der Waals surface area contributed by atoms with Crippen molar-refractivity contribution >= 4 is 29.4 Å². The highest BCUT2D eigenvalue weighted by atomic mass is 35.5. The average Bonchev–Trinajstić information content (AvgIpc) is 3.02. The molecule has 1 aliphatic carbocycles. The molecule has 5 nitrogen and oxygen atoms in total. The summed E-state index contributed by atoms with van der Waals surface area (Å²) in [7, 11) is 0. The Hall–Kier alpha value is -3.38. The molecule has 0 fully saturated rings. The lowest BCUT2D eigenvalue weighted by Gasteiger charge is -2.15. The Bertz CT molecular complexity index is 1090. The van der Waals surface area contributed by atoms with Crippen molar-refractivity contribution in [3.8, 4) is 11.1 Å². The maximum atomic E-state index is 13.4. The Morgan fingerprint density at radius 3 is 2.21 bits per heavy atom. The summed E-state index contributed by atoms with van der Waals surface area (Å²) >= 11 is 5.91. The number of fused-ring (bicyclic) bond motifs is 3. The van der Waals surface area contributed by atoms with Crippen molar-refractivity contribution in [3.05, 3.63) is 88.2 Å². The number of carbonyl (C=O) groups is 2. The monoisotopic (exact) mass is 411 g/mol.